The van der Waals surface area contributed by atoms with Gasteiger partial charge in [0, 0.05) is 43.7 Å². The standard InChI is InChI=1S/C40H50N4O8S/c1-27-24-44(28(2)26-45)39(46)35-23-31(41-40(47)42-36-15-10-13-30-12-6-7-14-34(30)36)16-21-37(35)52-29(3)11-8-9-22-51-38(27)25-43(4)53(48,49)33-19-17-32(50-5)18-20-33/h6-7,10,12-21,23,27-29,38,45H,8-9,11,22,24-26H2,1-5H3,(H2,41,42,47)/t27-,28+,29-,38+/m0/s1. The van der Waals surface area contributed by atoms with E-state index in [4.69, 9.17) is 14.2 Å². The van der Waals surface area contributed by atoms with Crippen molar-refractivity contribution in [3.05, 3.63) is 90.5 Å². The van der Waals surface area contributed by atoms with Gasteiger partial charge in [-0.25, -0.2) is 13.2 Å². The van der Waals surface area contributed by atoms with Crippen molar-refractivity contribution in [2.24, 2.45) is 5.92 Å². The average molecular weight is 747 g/mol. The number of amides is 3. The van der Waals surface area contributed by atoms with Crippen LogP contribution in [0.4, 0.5) is 16.2 Å². The Kier molecular flexibility index (Phi) is 13.3. The SMILES string of the molecule is COc1ccc(S(=O)(=O)N(C)C[C@H]2OCCCC[C@H](C)Oc3ccc(NC(=O)Nc4cccc5ccccc45)cc3C(=O)N([C@H](C)CO)C[C@@H]2C)cc1. The molecule has 13 heteroatoms. The number of nitrogens with one attached hydrogen (secondary N) is 2. The van der Waals surface area contributed by atoms with Crippen molar-refractivity contribution in [1.29, 1.82) is 0 Å². The first-order valence-corrected chi connectivity index (χ1v) is 19.4. The number of carbonyl (C=O) groups is 2. The van der Waals surface area contributed by atoms with Crippen LogP contribution in [0.2, 0.25) is 0 Å². The van der Waals surface area contributed by atoms with Crippen LogP contribution in [0.3, 0.4) is 0 Å². The zero-order chi connectivity index (χ0) is 38.1. The summed E-state index contributed by atoms with van der Waals surface area (Å²) in [6.45, 7) is 5.86. The molecule has 3 N–H and O–H groups in total. The van der Waals surface area contributed by atoms with Gasteiger partial charge in [-0.3, -0.25) is 4.79 Å². The molecule has 1 aliphatic heterocycles. The highest BCUT2D eigenvalue weighted by molar-refractivity contribution is 7.89. The Morgan fingerprint density at radius 1 is 1.02 bits per heavy atom. The predicted octanol–water partition coefficient (Wildman–Crippen LogP) is 6.61. The van der Waals surface area contributed by atoms with Gasteiger partial charge in [0.2, 0.25) is 10.0 Å². The number of benzene rings is 4. The summed E-state index contributed by atoms with van der Waals surface area (Å²) in [6, 6.07) is 23.5. The van der Waals surface area contributed by atoms with Crippen LogP contribution in [0.1, 0.15) is 50.4 Å². The Balaban J connectivity index is 1.41. The summed E-state index contributed by atoms with van der Waals surface area (Å²) in [5.41, 5.74) is 1.24. The zero-order valence-electron chi connectivity index (χ0n) is 30.9. The van der Waals surface area contributed by atoms with Crippen molar-refractivity contribution >= 4 is 44.1 Å². The Hall–Kier alpha value is -4.69. The highest BCUT2D eigenvalue weighted by Gasteiger charge is 2.32. The molecule has 0 radical (unpaired) electrons. The molecule has 0 fully saturated rings. The fourth-order valence-corrected chi connectivity index (χ4v) is 7.54. The Bertz CT molecular complexity index is 1970. The molecule has 12 nitrogen and oxygen atoms in total. The number of aliphatic hydroxyl groups excluding tert-OH is 1. The van der Waals surface area contributed by atoms with Crippen molar-refractivity contribution in [1.82, 2.24) is 9.21 Å². The van der Waals surface area contributed by atoms with E-state index in [-0.39, 0.29) is 42.2 Å². The summed E-state index contributed by atoms with van der Waals surface area (Å²) in [4.78, 5) is 29.4. The van der Waals surface area contributed by atoms with Crippen LogP contribution in [-0.4, -0.2) is 93.4 Å². The Labute approximate surface area is 312 Å². The van der Waals surface area contributed by atoms with E-state index < -0.39 is 34.1 Å². The minimum Gasteiger partial charge on any atom is -0.497 e. The van der Waals surface area contributed by atoms with E-state index in [1.807, 2.05) is 56.3 Å². The maximum absolute atomic E-state index is 14.5. The summed E-state index contributed by atoms with van der Waals surface area (Å²) in [5, 5.41) is 17.9. The summed E-state index contributed by atoms with van der Waals surface area (Å²) in [5.74, 6) is 0.153. The molecule has 0 aromatic heterocycles. The number of hydrogen-bond acceptors (Lipinski definition) is 8. The highest BCUT2D eigenvalue weighted by Crippen LogP contribution is 2.30. The van der Waals surface area contributed by atoms with E-state index in [0.717, 1.165) is 23.6 Å². The van der Waals surface area contributed by atoms with Crippen LogP contribution in [-0.2, 0) is 14.8 Å². The minimum atomic E-state index is -3.87. The number of hydrogen-bond donors (Lipinski definition) is 3. The van der Waals surface area contributed by atoms with Gasteiger partial charge in [-0.1, -0.05) is 43.3 Å². The molecule has 0 bridgehead atoms. The first kappa shape index (κ1) is 39.5. The van der Waals surface area contributed by atoms with Gasteiger partial charge >= 0.3 is 6.03 Å². The lowest BCUT2D eigenvalue weighted by atomic mass is 10.0. The predicted molar refractivity (Wildman–Crippen MR) is 206 cm³/mol. The molecule has 0 aliphatic carbocycles. The molecule has 53 heavy (non-hydrogen) atoms. The molecule has 0 saturated carbocycles. The van der Waals surface area contributed by atoms with E-state index >= 15 is 0 Å². The second kappa shape index (κ2) is 17.9. The molecule has 4 aromatic carbocycles. The third-order valence-electron chi connectivity index (χ3n) is 9.55. The third kappa shape index (κ3) is 9.85. The second-order valence-corrected chi connectivity index (χ2v) is 15.6. The molecule has 0 spiro atoms. The van der Waals surface area contributed by atoms with E-state index in [1.165, 1.54) is 30.6 Å². The molecule has 0 saturated heterocycles. The second-order valence-electron chi connectivity index (χ2n) is 13.6. The molecule has 4 aromatic rings. The summed E-state index contributed by atoms with van der Waals surface area (Å²) in [7, 11) is -0.834. The minimum absolute atomic E-state index is 0.0427. The van der Waals surface area contributed by atoms with Crippen molar-refractivity contribution in [2.45, 2.75) is 63.2 Å². The van der Waals surface area contributed by atoms with E-state index in [1.54, 1.807) is 42.2 Å². The van der Waals surface area contributed by atoms with E-state index in [0.29, 0.717) is 35.9 Å². The molecule has 0 unspecified atom stereocenters. The molecule has 4 atom stereocenters. The van der Waals surface area contributed by atoms with Gasteiger partial charge in [0.1, 0.15) is 11.5 Å². The lowest BCUT2D eigenvalue weighted by Crippen LogP contribution is -2.48. The number of methoxy groups -OCH3 is 1. The van der Waals surface area contributed by atoms with Gasteiger partial charge < -0.3 is 34.9 Å². The monoisotopic (exact) mass is 746 g/mol. The number of ether oxygens (including phenoxy) is 3. The topological polar surface area (TPSA) is 147 Å². The van der Waals surface area contributed by atoms with Gasteiger partial charge in [-0.2, -0.15) is 4.31 Å². The van der Waals surface area contributed by atoms with Gasteiger partial charge in [-0.05, 0) is 87.0 Å². The Morgan fingerprint density at radius 3 is 2.49 bits per heavy atom. The van der Waals surface area contributed by atoms with Crippen LogP contribution in [0.25, 0.3) is 10.8 Å². The average Bonchev–Trinajstić information content (AvgIpc) is 3.16. The molecule has 5 rings (SSSR count). The number of likely N-dealkylation sites (N-methyl/N-ethyl adjacent to an activating group) is 1. The number of urea groups is 1. The number of nitrogens with zero attached hydrogens (tertiary/aromatic N) is 2. The maximum atomic E-state index is 14.5. The number of sulfonamides is 1. The molecule has 3 amide bonds. The fourth-order valence-electron chi connectivity index (χ4n) is 6.36. The first-order chi connectivity index (χ1) is 25.4. The van der Waals surface area contributed by atoms with Crippen LogP contribution in [0.15, 0.2) is 89.8 Å². The first-order valence-electron chi connectivity index (χ1n) is 17.9. The third-order valence-corrected chi connectivity index (χ3v) is 11.4. The van der Waals surface area contributed by atoms with E-state index in [2.05, 4.69) is 10.6 Å². The molecule has 1 aliphatic rings. The number of aliphatic hydroxyl groups is 1. The molecule has 284 valence electrons. The normalized spacial score (nSPS) is 19.5. The van der Waals surface area contributed by atoms with Crippen molar-refractivity contribution in [3.63, 3.8) is 0 Å². The van der Waals surface area contributed by atoms with Crippen molar-refractivity contribution < 1.29 is 37.3 Å². The summed E-state index contributed by atoms with van der Waals surface area (Å²) in [6.07, 6.45) is 1.39. The van der Waals surface area contributed by atoms with Gasteiger partial charge in [0.25, 0.3) is 5.91 Å². The summed E-state index contributed by atoms with van der Waals surface area (Å²) >= 11 is 0. The molecular weight excluding hydrogens is 697 g/mol. The smallest absolute Gasteiger partial charge is 0.323 e. The van der Waals surface area contributed by atoms with Gasteiger partial charge in [-0.15, -0.1) is 0 Å². The summed E-state index contributed by atoms with van der Waals surface area (Å²) < 4.78 is 46.3. The van der Waals surface area contributed by atoms with Crippen LogP contribution in [0.5, 0.6) is 11.5 Å². The number of carbonyl (C=O) groups excluding carboxylic acids is 2. The molecular formula is C40H50N4O8S. The van der Waals surface area contributed by atoms with E-state index in [9.17, 15) is 23.1 Å². The lowest BCUT2D eigenvalue weighted by Gasteiger charge is -2.35. The number of rotatable bonds is 9. The van der Waals surface area contributed by atoms with Crippen molar-refractivity contribution in [3.8, 4) is 11.5 Å². The largest absolute Gasteiger partial charge is 0.497 e. The quantitative estimate of drug-likeness (QED) is 0.174. The number of fused-ring (bicyclic) bond motifs is 2. The van der Waals surface area contributed by atoms with Crippen molar-refractivity contribution in [2.75, 3.05) is 51.1 Å². The number of anilines is 2. The van der Waals surface area contributed by atoms with Gasteiger partial charge in [0.15, 0.2) is 0 Å². The zero-order valence-corrected chi connectivity index (χ0v) is 31.8. The van der Waals surface area contributed by atoms with Gasteiger partial charge in [0.05, 0.1) is 48.1 Å². The fraction of sp³-hybridized carbons (Fsp3) is 0.400. The van der Waals surface area contributed by atoms with Crippen LogP contribution < -0.4 is 20.1 Å². The highest BCUT2D eigenvalue weighted by atomic mass is 32.2. The molecule has 1 heterocycles. The Morgan fingerprint density at radius 2 is 1.75 bits per heavy atom. The lowest BCUT2D eigenvalue weighted by molar-refractivity contribution is -0.00834. The van der Waals surface area contributed by atoms with Crippen LogP contribution >= 0.6 is 0 Å². The maximum Gasteiger partial charge on any atom is 0.323 e. The van der Waals surface area contributed by atoms with Crippen LogP contribution in [0, 0.1) is 5.92 Å².